The molecular formula is C17H17BaCl2NO2. The van der Waals surface area contributed by atoms with Crippen LogP contribution >= 0.6 is 23.2 Å². The monoisotopic (exact) mass is 475 g/mol. The normalized spacial score (nSPS) is 9.83. The predicted octanol–water partition coefficient (Wildman–Crippen LogP) is 4.79. The number of carbonyl (C=O) groups is 1. The van der Waals surface area contributed by atoms with Gasteiger partial charge in [0, 0.05) is 12.2 Å². The molecule has 0 fully saturated rings. The van der Waals surface area contributed by atoms with Crippen LogP contribution in [0.5, 0.6) is 0 Å². The van der Waals surface area contributed by atoms with Crippen LogP contribution < -0.4 is 4.90 Å². The number of aliphatic carboxylic acids is 1. The molecule has 2 aromatic rings. The van der Waals surface area contributed by atoms with Gasteiger partial charge in [-0.05, 0) is 23.8 Å². The SMILES string of the molecule is C=CCN(c1ccccc1CC(=O)O)c1c(Cl)cccc1Cl.[Ba+2].[H-].[H-]. The minimum absolute atomic E-state index is 0. The summed E-state index contributed by atoms with van der Waals surface area (Å²) in [7, 11) is 0. The third-order valence-electron chi connectivity index (χ3n) is 3.14. The van der Waals surface area contributed by atoms with Crippen LogP contribution in [-0.2, 0) is 11.2 Å². The molecule has 0 aliphatic carbocycles. The van der Waals surface area contributed by atoms with Crippen molar-refractivity contribution in [2.45, 2.75) is 6.42 Å². The smallest absolute Gasteiger partial charge is 1.00 e. The van der Waals surface area contributed by atoms with E-state index in [9.17, 15) is 4.79 Å². The van der Waals surface area contributed by atoms with Gasteiger partial charge in [0.1, 0.15) is 0 Å². The number of hydrogen-bond acceptors (Lipinski definition) is 2. The number of halogens is 2. The van der Waals surface area contributed by atoms with E-state index < -0.39 is 5.97 Å². The molecule has 0 aliphatic heterocycles. The molecule has 0 saturated heterocycles. The number of anilines is 2. The second-order valence-corrected chi connectivity index (χ2v) is 5.48. The number of hydrogen-bond donors (Lipinski definition) is 1. The van der Waals surface area contributed by atoms with Crippen LogP contribution in [0, 0.1) is 0 Å². The summed E-state index contributed by atoms with van der Waals surface area (Å²) in [6.45, 7) is 4.22. The largest absolute Gasteiger partial charge is 2.00 e. The van der Waals surface area contributed by atoms with E-state index in [-0.39, 0.29) is 58.2 Å². The minimum Gasteiger partial charge on any atom is -1.00 e. The average Bonchev–Trinajstić information content (AvgIpc) is 2.46. The van der Waals surface area contributed by atoms with Gasteiger partial charge < -0.3 is 12.9 Å². The maximum atomic E-state index is 11.1. The molecule has 23 heavy (non-hydrogen) atoms. The van der Waals surface area contributed by atoms with Crippen molar-refractivity contribution in [3.05, 3.63) is 70.7 Å². The molecule has 3 nitrogen and oxygen atoms in total. The molecule has 0 spiro atoms. The molecule has 2 rings (SSSR count). The molecule has 0 saturated carbocycles. The van der Waals surface area contributed by atoms with Crippen LogP contribution in [0.4, 0.5) is 11.4 Å². The van der Waals surface area contributed by atoms with E-state index in [4.69, 9.17) is 28.3 Å². The molecule has 0 amide bonds. The minimum atomic E-state index is -0.892. The topological polar surface area (TPSA) is 40.5 Å². The Balaban J connectivity index is 0. The number of nitrogens with zero attached hydrogens (tertiary/aromatic N) is 1. The van der Waals surface area contributed by atoms with Crippen molar-refractivity contribution in [2.75, 3.05) is 11.4 Å². The Kier molecular flexibility index (Phi) is 8.79. The van der Waals surface area contributed by atoms with E-state index in [1.807, 2.05) is 23.1 Å². The quantitative estimate of drug-likeness (QED) is 0.483. The number of rotatable bonds is 6. The van der Waals surface area contributed by atoms with Crippen molar-refractivity contribution < 1.29 is 12.8 Å². The summed E-state index contributed by atoms with van der Waals surface area (Å²) in [6, 6.07) is 12.6. The first-order chi connectivity index (χ1) is 10.5. The van der Waals surface area contributed by atoms with Crippen LogP contribution in [0.3, 0.4) is 0 Å². The summed E-state index contributed by atoms with van der Waals surface area (Å²) < 4.78 is 0. The Morgan fingerprint density at radius 1 is 1.17 bits per heavy atom. The van der Waals surface area contributed by atoms with Crippen LogP contribution in [-0.4, -0.2) is 66.5 Å². The third kappa shape index (κ3) is 5.29. The zero-order valence-corrected chi connectivity index (χ0v) is 18.5. The van der Waals surface area contributed by atoms with E-state index >= 15 is 0 Å². The van der Waals surface area contributed by atoms with Crippen molar-refractivity contribution in [2.24, 2.45) is 0 Å². The molecule has 0 aromatic heterocycles. The van der Waals surface area contributed by atoms with Crippen LogP contribution in [0.1, 0.15) is 8.42 Å². The molecule has 0 heterocycles. The second kappa shape index (κ2) is 9.79. The first-order valence-corrected chi connectivity index (χ1v) is 7.42. The molecule has 1 N–H and O–H groups in total. The Hall–Kier alpha value is -0.399. The zero-order chi connectivity index (χ0) is 16.1. The fraction of sp³-hybridized carbons (Fsp3) is 0.118. The van der Waals surface area contributed by atoms with Gasteiger partial charge >= 0.3 is 54.9 Å². The van der Waals surface area contributed by atoms with Crippen molar-refractivity contribution in [1.29, 1.82) is 0 Å². The maximum absolute atomic E-state index is 11.1. The van der Waals surface area contributed by atoms with Gasteiger partial charge in [0.2, 0.25) is 0 Å². The van der Waals surface area contributed by atoms with Gasteiger partial charge in [-0.3, -0.25) is 4.79 Å². The number of carboxylic acids is 1. The fourth-order valence-electron chi connectivity index (χ4n) is 2.27. The van der Waals surface area contributed by atoms with Gasteiger partial charge in [0.05, 0.1) is 22.2 Å². The van der Waals surface area contributed by atoms with Crippen molar-refractivity contribution >= 4 is 89.4 Å². The number of para-hydroxylation sites is 2. The standard InChI is InChI=1S/C17H15Cl2NO2.Ba.2H/c1-2-10-20(17-13(18)7-5-8-14(17)19)15-9-4-3-6-12(15)11-16(21)22;;;/h2-9H,1,10-11H2,(H,21,22);;;/q;+2;2*-1. The first-order valence-electron chi connectivity index (χ1n) is 6.66. The molecule has 6 heteroatoms. The molecule has 0 aliphatic rings. The summed E-state index contributed by atoms with van der Waals surface area (Å²) in [5, 5.41) is 10.1. The number of benzene rings is 2. The summed E-state index contributed by atoms with van der Waals surface area (Å²) in [5.41, 5.74) is 2.08. The zero-order valence-electron chi connectivity index (χ0n) is 14.5. The maximum Gasteiger partial charge on any atom is 2.00 e. The van der Waals surface area contributed by atoms with E-state index in [1.54, 1.807) is 30.3 Å². The third-order valence-corrected chi connectivity index (χ3v) is 3.75. The van der Waals surface area contributed by atoms with Crippen molar-refractivity contribution in [3.8, 4) is 0 Å². The number of carboxylic acid groups (broad SMARTS) is 1. The van der Waals surface area contributed by atoms with Gasteiger partial charge in [-0.1, -0.05) is 53.5 Å². The molecule has 0 unspecified atom stereocenters. The first kappa shape index (κ1) is 20.6. The molecule has 2 aromatic carbocycles. The van der Waals surface area contributed by atoms with Gasteiger partial charge in [0.15, 0.2) is 0 Å². The summed E-state index contributed by atoms with van der Waals surface area (Å²) >= 11 is 12.6. The summed E-state index contributed by atoms with van der Waals surface area (Å²) in [5.74, 6) is -0.892. The van der Waals surface area contributed by atoms with E-state index in [2.05, 4.69) is 6.58 Å². The van der Waals surface area contributed by atoms with Crippen molar-refractivity contribution in [1.82, 2.24) is 0 Å². The molecule has 0 bridgehead atoms. The molecule has 118 valence electrons. The Morgan fingerprint density at radius 3 is 2.35 bits per heavy atom. The summed E-state index contributed by atoms with van der Waals surface area (Å²) in [6.07, 6.45) is 1.64. The van der Waals surface area contributed by atoms with E-state index in [1.165, 1.54) is 0 Å². The van der Waals surface area contributed by atoms with Crippen molar-refractivity contribution in [3.63, 3.8) is 0 Å². The van der Waals surface area contributed by atoms with Gasteiger partial charge in [0.25, 0.3) is 0 Å². The van der Waals surface area contributed by atoms with Crippen LogP contribution in [0.15, 0.2) is 55.1 Å². The molecule has 0 radical (unpaired) electrons. The van der Waals surface area contributed by atoms with E-state index in [0.29, 0.717) is 27.8 Å². The Morgan fingerprint density at radius 2 is 1.78 bits per heavy atom. The predicted molar refractivity (Wildman–Crippen MR) is 99.4 cm³/mol. The average molecular weight is 476 g/mol. The van der Waals surface area contributed by atoms with Gasteiger partial charge in [-0.2, -0.15) is 0 Å². The fourth-order valence-corrected chi connectivity index (χ4v) is 2.87. The van der Waals surface area contributed by atoms with E-state index in [0.717, 1.165) is 5.69 Å². The van der Waals surface area contributed by atoms with Crippen LogP contribution in [0.25, 0.3) is 0 Å². The Bertz CT molecular complexity index is 697. The van der Waals surface area contributed by atoms with Crippen LogP contribution in [0.2, 0.25) is 10.0 Å². The Labute approximate surface area is 188 Å². The van der Waals surface area contributed by atoms with Gasteiger partial charge in [-0.25, -0.2) is 0 Å². The molecular weight excluding hydrogens is 458 g/mol. The summed E-state index contributed by atoms with van der Waals surface area (Å²) in [4.78, 5) is 13.0. The second-order valence-electron chi connectivity index (χ2n) is 4.67. The van der Waals surface area contributed by atoms with Gasteiger partial charge in [-0.15, -0.1) is 6.58 Å². The molecule has 0 atom stereocenters.